The number of hydrogen-bond donors (Lipinski definition) is 2. The van der Waals surface area contributed by atoms with Crippen LogP contribution in [-0.4, -0.2) is 28.1 Å². The molecular weight excluding hydrogens is 404 g/mol. The third-order valence-electron chi connectivity index (χ3n) is 9.46. The highest BCUT2D eigenvalue weighted by atomic mass is 16.4. The minimum Gasteiger partial charge on any atom is -0.481 e. The van der Waals surface area contributed by atoms with Gasteiger partial charge < -0.3 is 14.6 Å². The second-order valence-electron chi connectivity index (χ2n) is 11.1. The van der Waals surface area contributed by atoms with Crippen molar-refractivity contribution in [1.82, 2.24) is 0 Å². The van der Waals surface area contributed by atoms with Crippen molar-refractivity contribution in [2.75, 3.05) is 0 Å². The summed E-state index contributed by atoms with van der Waals surface area (Å²) >= 11 is 0. The number of carboxylic acid groups (broad SMARTS) is 1. The van der Waals surface area contributed by atoms with E-state index >= 15 is 0 Å². The standard InChI is InChI=1S/C27H34O5/c1-15-4-8-23(32-15)18-12-17-13-21(28)22(29)14-27(17,3)20-10-11-26(2)16(6-9-24(30)31)5-7-19(26)25(18)20/h4,8,10,13,16,18-19,22,25,29H,5-7,9,11-12,14H2,1-3H3,(H,30,31)/t16-,18+,19+,22?,25+,26-,27+/m1/s1. The van der Waals surface area contributed by atoms with Gasteiger partial charge in [0, 0.05) is 17.8 Å². The van der Waals surface area contributed by atoms with Crippen LogP contribution in [-0.2, 0) is 9.59 Å². The average molecular weight is 439 g/mol. The van der Waals surface area contributed by atoms with Crippen LogP contribution in [0.25, 0.3) is 0 Å². The number of ketones is 1. The van der Waals surface area contributed by atoms with Crippen LogP contribution in [0.4, 0.5) is 0 Å². The number of carbonyl (C=O) groups excluding carboxylic acids is 1. The molecule has 7 atom stereocenters. The van der Waals surface area contributed by atoms with E-state index in [9.17, 15) is 19.8 Å². The number of hydrogen-bond acceptors (Lipinski definition) is 4. The molecule has 0 saturated heterocycles. The smallest absolute Gasteiger partial charge is 0.303 e. The van der Waals surface area contributed by atoms with Gasteiger partial charge in [-0.05, 0) is 86.8 Å². The number of aliphatic hydroxyl groups excluding tert-OH is 1. The van der Waals surface area contributed by atoms with Gasteiger partial charge in [0.2, 0.25) is 0 Å². The first-order valence-corrected chi connectivity index (χ1v) is 12.0. The summed E-state index contributed by atoms with van der Waals surface area (Å²) in [7, 11) is 0. The molecule has 0 spiro atoms. The van der Waals surface area contributed by atoms with Crippen molar-refractivity contribution in [2.24, 2.45) is 28.6 Å². The van der Waals surface area contributed by atoms with Crippen LogP contribution in [0.15, 0.2) is 39.8 Å². The van der Waals surface area contributed by atoms with Gasteiger partial charge in [-0.25, -0.2) is 0 Å². The summed E-state index contributed by atoms with van der Waals surface area (Å²) in [6.45, 7) is 6.54. The normalized spacial score (nSPS) is 40.8. The van der Waals surface area contributed by atoms with E-state index in [-0.39, 0.29) is 34.9 Å². The van der Waals surface area contributed by atoms with E-state index in [0.29, 0.717) is 18.3 Å². The molecule has 4 aliphatic carbocycles. The first-order valence-electron chi connectivity index (χ1n) is 12.0. The molecule has 0 aromatic carbocycles. The first kappa shape index (κ1) is 21.7. The summed E-state index contributed by atoms with van der Waals surface area (Å²) in [4.78, 5) is 23.6. The zero-order valence-electron chi connectivity index (χ0n) is 19.3. The molecule has 5 heteroatoms. The number of fused-ring (bicyclic) bond motifs is 5. The molecule has 0 amide bonds. The maximum absolute atomic E-state index is 12.4. The van der Waals surface area contributed by atoms with E-state index in [1.54, 1.807) is 6.08 Å². The number of furan rings is 1. The quantitative estimate of drug-likeness (QED) is 0.632. The van der Waals surface area contributed by atoms with Crippen LogP contribution in [0.1, 0.15) is 76.2 Å². The lowest BCUT2D eigenvalue weighted by atomic mass is 9.48. The lowest BCUT2D eigenvalue weighted by Crippen LogP contribution is -2.49. The zero-order chi connectivity index (χ0) is 22.8. The summed E-state index contributed by atoms with van der Waals surface area (Å²) in [6.07, 6.45) is 8.44. The Kier molecular flexibility index (Phi) is 5.05. The predicted molar refractivity (Wildman–Crippen MR) is 120 cm³/mol. The highest BCUT2D eigenvalue weighted by Crippen LogP contribution is 2.67. The maximum atomic E-state index is 12.4. The topological polar surface area (TPSA) is 87.7 Å². The summed E-state index contributed by atoms with van der Waals surface area (Å²) < 4.78 is 6.15. The van der Waals surface area contributed by atoms with Gasteiger partial charge in [0.05, 0.1) is 0 Å². The molecular formula is C27H34O5. The Hall–Kier alpha value is -2.14. The van der Waals surface area contributed by atoms with Gasteiger partial charge >= 0.3 is 5.97 Å². The van der Waals surface area contributed by atoms with E-state index in [1.807, 2.05) is 13.0 Å². The highest BCUT2D eigenvalue weighted by Gasteiger charge is 2.59. The Morgan fingerprint density at radius 3 is 2.72 bits per heavy atom. The molecule has 1 unspecified atom stereocenters. The number of aliphatic hydroxyl groups is 1. The molecule has 2 fully saturated rings. The van der Waals surface area contributed by atoms with Crippen molar-refractivity contribution in [3.63, 3.8) is 0 Å². The van der Waals surface area contributed by atoms with E-state index in [1.165, 1.54) is 5.57 Å². The Balaban J connectivity index is 1.59. The van der Waals surface area contributed by atoms with Gasteiger partial charge in [-0.1, -0.05) is 31.1 Å². The van der Waals surface area contributed by atoms with Crippen molar-refractivity contribution in [3.8, 4) is 0 Å². The van der Waals surface area contributed by atoms with Crippen LogP contribution in [0, 0.1) is 35.5 Å². The highest BCUT2D eigenvalue weighted by molar-refractivity contribution is 5.95. The number of carbonyl (C=O) groups is 2. The third-order valence-corrected chi connectivity index (χ3v) is 9.46. The minimum atomic E-state index is -0.937. The van der Waals surface area contributed by atoms with E-state index in [4.69, 9.17) is 4.42 Å². The Morgan fingerprint density at radius 2 is 2.03 bits per heavy atom. The minimum absolute atomic E-state index is 0.0736. The lowest BCUT2D eigenvalue weighted by molar-refractivity contribution is -0.137. The molecule has 1 aromatic heterocycles. The average Bonchev–Trinajstić information content (AvgIpc) is 3.30. The molecule has 5 rings (SSSR count). The largest absolute Gasteiger partial charge is 0.481 e. The molecule has 1 heterocycles. The van der Waals surface area contributed by atoms with Gasteiger partial charge in [-0.15, -0.1) is 0 Å². The van der Waals surface area contributed by atoms with Crippen LogP contribution < -0.4 is 0 Å². The first-order chi connectivity index (χ1) is 15.1. The van der Waals surface area contributed by atoms with Crippen LogP contribution in [0.5, 0.6) is 0 Å². The van der Waals surface area contributed by atoms with Gasteiger partial charge in [0.25, 0.3) is 0 Å². The number of allylic oxidation sites excluding steroid dienone is 3. The number of aliphatic carboxylic acids is 1. The zero-order valence-corrected chi connectivity index (χ0v) is 19.3. The van der Waals surface area contributed by atoms with Crippen molar-refractivity contribution in [2.45, 2.75) is 77.7 Å². The van der Waals surface area contributed by atoms with Gasteiger partial charge in [-0.3, -0.25) is 9.59 Å². The summed E-state index contributed by atoms with van der Waals surface area (Å²) in [6, 6.07) is 4.10. The van der Waals surface area contributed by atoms with E-state index in [2.05, 4.69) is 26.0 Å². The van der Waals surface area contributed by atoms with E-state index in [0.717, 1.165) is 49.2 Å². The van der Waals surface area contributed by atoms with Gasteiger partial charge in [-0.2, -0.15) is 0 Å². The summed E-state index contributed by atoms with van der Waals surface area (Å²) in [5.41, 5.74) is 2.26. The van der Waals surface area contributed by atoms with Gasteiger partial charge in [0.15, 0.2) is 5.78 Å². The van der Waals surface area contributed by atoms with Crippen LogP contribution in [0.2, 0.25) is 0 Å². The van der Waals surface area contributed by atoms with Crippen LogP contribution >= 0.6 is 0 Å². The molecule has 5 nitrogen and oxygen atoms in total. The van der Waals surface area contributed by atoms with Gasteiger partial charge in [0.1, 0.15) is 17.6 Å². The molecule has 0 bridgehead atoms. The van der Waals surface area contributed by atoms with Crippen molar-refractivity contribution in [1.29, 1.82) is 0 Å². The maximum Gasteiger partial charge on any atom is 0.303 e. The lowest BCUT2D eigenvalue weighted by Gasteiger charge is -2.56. The third kappa shape index (κ3) is 3.15. The molecule has 0 aliphatic heterocycles. The summed E-state index contributed by atoms with van der Waals surface area (Å²) in [5, 5.41) is 19.7. The molecule has 2 N–H and O–H groups in total. The predicted octanol–water partition coefficient (Wildman–Crippen LogP) is 5.19. The fourth-order valence-electron chi connectivity index (χ4n) is 7.72. The number of aryl methyl sites for hydroxylation is 1. The second kappa shape index (κ2) is 7.44. The Labute approximate surface area is 189 Å². The van der Waals surface area contributed by atoms with E-state index < -0.39 is 12.1 Å². The number of rotatable bonds is 4. The van der Waals surface area contributed by atoms with Crippen molar-refractivity contribution >= 4 is 11.8 Å². The molecule has 1 aromatic rings. The Morgan fingerprint density at radius 1 is 1.25 bits per heavy atom. The second-order valence-corrected chi connectivity index (χ2v) is 11.1. The summed E-state index contributed by atoms with van der Waals surface area (Å²) in [5.74, 6) is 2.30. The molecule has 172 valence electrons. The molecule has 0 radical (unpaired) electrons. The monoisotopic (exact) mass is 438 g/mol. The fraction of sp³-hybridized carbons (Fsp3) is 0.630. The Bertz CT molecular complexity index is 1010. The molecule has 4 aliphatic rings. The molecule has 2 saturated carbocycles. The van der Waals surface area contributed by atoms with Crippen LogP contribution in [0.3, 0.4) is 0 Å². The molecule has 32 heavy (non-hydrogen) atoms. The SMILES string of the molecule is Cc1ccc([C@@H]2CC3=CC(=O)C(O)C[C@]3(C)C3=CC[C@]4(C)[C@@H](CCC(=O)O)CC[C@H]4[C@@H]32)o1. The van der Waals surface area contributed by atoms with Crippen molar-refractivity contribution in [3.05, 3.63) is 47.0 Å². The fourth-order valence-corrected chi connectivity index (χ4v) is 7.72. The number of carboxylic acids is 1. The van der Waals surface area contributed by atoms with Crippen molar-refractivity contribution < 1.29 is 24.2 Å².